The van der Waals surface area contributed by atoms with E-state index in [0.29, 0.717) is 24.3 Å². The van der Waals surface area contributed by atoms with Crippen LogP contribution in [0.4, 0.5) is 5.82 Å². The number of amides is 1. The molecule has 1 amide bonds. The number of anilines is 1. The summed E-state index contributed by atoms with van der Waals surface area (Å²) in [6.07, 6.45) is 0.789. The summed E-state index contributed by atoms with van der Waals surface area (Å²) in [6, 6.07) is 16.9. The van der Waals surface area contributed by atoms with Gasteiger partial charge in [0.25, 0.3) is 5.91 Å². The van der Waals surface area contributed by atoms with Crippen LogP contribution < -0.4 is 15.4 Å². The van der Waals surface area contributed by atoms with Crippen LogP contribution in [0, 0.1) is 6.92 Å². The van der Waals surface area contributed by atoms with Gasteiger partial charge in [0, 0.05) is 25.6 Å². The summed E-state index contributed by atoms with van der Waals surface area (Å²) in [5.74, 6) is -0.154. The number of nitrogens with one attached hydrogen (secondary N) is 2. The number of aryl methyl sites for hydroxylation is 1. The molecule has 33 heavy (non-hydrogen) atoms. The Morgan fingerprint density at radius 2 is 1.82 bits per heavy atom. The predicted molar refractivity (Wildman–Crippen MR) is 128 cm³/mol. The second-order valence-electron chi connectivity index (χ2n) is 7.51. The van der Waals surface area contributed by atoms with E-state index in [0.717, 1.165) is 17.1 Å². The Kier molecular flexibility index (Phi) is 8.27. The zero-order valence-corrected chi connectivity index (χ0v) is 19.2. The molecular weight excluding hydrogens is 442 g/mol. The molecule has 0 aliphatic heterocycles. The monoisotopic (exact) mass is 467 g/mol. The van der Waals surface area contributed by atoms with E-state index >= 15 is 0 Å². The van der Waals surface area contributed by atoms with Gasteiger partial charge in [-0.15, -0.1) is 0 Å². The zero-order chi connectivity index (χ0) is 23.8. The molecule has 0 saturated carbocycles. The minimum Gasteiger partial charge on any atom is -0.493 e. The number of hydrogen-bond donors (Lipinski definition) is 3. The lowest BCUT2D eigenvalue weighted by molar-refractivity contribution is -0.139. The largest absolute Gasteiger partial charge is 0.493 e. The topological polar surface area (TPSA) is 101 Å². The van der Waals surface area contributed by atoms with Gasteiger partial charge in [-0.3, -0.25) is 4.79 Å². The molecule has 0 fully saturated rings. The van der Waals surface area contributed by atoms with E-state index in [1.807, 2.05) is 25.2 Å². The fraction of sp³-hybridized carbons (Fsp3) is 0.240. The molecule has 3 aromatic rings. The van der Waals surface area contributed by atoms with Crippen molar-refractivity contribution in [2.24, 2.45) is 0 Å². The van der Waals surface area contributed by atoms with Crippen LogP contribution in [0.25, 0.3) is 0 Å². The van der Waals surface area contributed by atoms with Crippen molar-refractivity contribution >= 4 is 29.3 Å². The SMILES string of the molecule is CNc1cccc(CCOc2ccc(C[C@H](NC(=O)c3c(C)cccc3Cl)C(=O)O)cc2)n1. The molecule has 3 rings (SSSR count). The first-order valence-electron chi connectivity index (χ1n) is 10.5. The van der Waals surface area contributed by atoms with Gasteiger partial charge >= 0.3 is 5.97 Å². The zero-order valence-electron chi connectivity index (χ0n) is 18.5. The number of nitrogens with zero attached hydrogens (tertiary/aromatic N) is 1. The van der Waals surface area contributed by atoms with Gasteiger partial charge in [0.1, 0.15) is 17.6 Å². The molecule has 1 atom stereocenters. The van der Waals surface area contributed by atoms with Gasteiger partial charge in [-0.1, -0.05) is 41.9 Å². The molecule has 172 valence electrons. The lowest BCUT2D eigenvalue weighted by Gasteiger charge is -2.16. The van der Waals surface area contributed by atoms with Crippen LogP contribution in [0.15, 0.2) is 60.7 Å². The van der Waals surface area contributed by atoms with Crippen LogP contribution in [-0.4, -0.2) is 41.7 Å². The fourth-order valence-corrected chi connectivity index (χ4v) is 3.65. The number of aliphatic carboxylic acids is 1. The quantitative estimate of drug-likeness (QED) is 0.414. The van der Waals surface area contributed by atoms with Crippen molar-refractivity contribution in [3.05, 3.63) is 88.1 Å². The maximum atomic E-state index is 12.6. The lowest BCUT2D eigenvalue weighted by atomic mass is 10.0. The second kappa shape index (κ2) is 11.3. The van der Waals surface area contributed by atoms with Crippen LogP contribution >= 0.6 is 11.6 Å². The van der Waals surface area contributed by atoms with Gasteiger partial charge in [0.05, 0.1) is 17.2 Å². The van der Waals surface area contributed by atoms with Gasteiger partial charge in [-0.05, 0) is 48.4 Å². The van der Waals surface area contributed by atoms with Crippen molar-refractivity contribution in [1.82, 2.24) is 10.3 Å². The van der Waals surface area contributed by atoms with Crippen molar-refractivity contribution in [3.63, 3.8) is 0 Å². The Morgan fingerprint density at radius 3 is 2.48 bits per heavy atom. The number of benzene rings is 2. The van der Waals surface area contributed by atoms with E-state index < -0.39 is 17.9 Å². The van der Waals surface area contributed by atoms with Crippen molar-refractivity contribution in [2.75, 3.05) is 19.0 Å². The summed E-state index contributed by atoms with van der Waals surface area (Å²) in [5, 5.41) is 15.5. The molecule has 0 saturated heterocycles. The fourth-order valence-electron chi connectivity index (χ4n) is 3.34. The van der Waals surface area contributed by atoms with Crippen molar-refractivity contribution in [2.45, 2.75) is 25.8 Å². The minimum atomic E-state index is -1.12. The number of carbonyl (C=O) groups excluding carboxylic acids is 1. The highest BCUT2D eigenvalue weighted by atomic mass is 35.5. The predicted octanol–water partition coefficient (Wildman–Crippen LogP) is 4.13. The maximum absolute atomic E-state index is 12.6. The highest BCUT2D eigenvalue weighted by Crippen LogP contribution is 2.20. The van der Waals surface area contributed by atoms with Crippen LogP contribution in [0.5, 0.6) is 5.75 Å². The van der Waals surface area contributed by atoms with Crippen LogP contribution in [0.3, 0.4) is 0 Å². The molecule has 2 aromatic carbocycles. The molecule has 0 aliphatic rings. The van der Waals surface area contributed by atoms with Crippen molar-refractivity contribution in [1.29, 1.82) is 0 Å². The first-order valence-corrected chi connectivity index (χ1v) is 10.9. The van der Waals surface area contributed by atoms with E-state index in [9.17, 15) is 14.7 Å². The van der Waals surface area contributed by atoms with Gasteiger partial charge in [-0.25, -0.2) is 9.78 Å². The summed E-state index contributed by atoms with van der Waals surface area (Å²) in [6.45, 7) is 2.22. The third-order valence-electron chi connectivity index (χ3n) is 5.11. The molecule has 7 nitrogen and oxygen atoms in total. The Bertz CT molecular complexity index is 1100. The summed E-state index contributed by atoms with van der Waals surface area (Å²) in [7, 11) is 1.82. The number of carboxylic acid groups (broad SMARTS) is 1. The molecule has 1 aromatic heterocycles. The van der Waals surface area contributed by atoms with E-state index in [1.54, 1.807) is 49.4 Å². The summed E-state index contributed by atoms with van der Waals surface area (Å²) in [4.78, 5) is 28.8. The van der Waals surface area contributed by atoms with Crippen LogP contribution in [0.2, 0.25) is 5.02 Å². The van der Waals surface area contributed by atoms with Gasteiger partial charge < -0.3 is 20.5 Å². The van der Waals surface area contributed by atoms with E-state index in [-0.39, 0.29) is 17.0 Å². The third kappa shape index (κ3) is 6.70. The Balaban J connectivity index is 1.57. The lowest BCUT2D eigenvalue weighted by Crippen LogP contribution is -2.42. The van der Waals surface area contributed by atoms with E-state index in [2.05, 4.69) is 15.6 Å². The Hall–Kier alpha value is -3.58. The number of aromatic nitrogens is 1. The number of carbonyl (C=O) groups is 2. The minimum absolute atomic E-state index is 0.131. The number of rotatable bonds is 10. The standard InChI is InChI=1S/C25H26ClN3O4/c1-16-5-3-7-20(26)23(16)24(30)29-21(25(31)32)15-17-9-11-19(12-10-17)33-14-13-18-6-4-8-22(27-2)28-18/h3-12,21H,13-15H2,1-2H3,(H,27,28)(H,29,30)(H,31,32)/t21-/m0/s1. The summed E-state index contributed by atoms with van der Waals surface area (Å²) < 4.78 is 5.78. The molecule has 0 spiro atoms. The van der Waals surface area contributed by atoms with Gasteiger partial charge in [0.15, 0.2) is 0 Å². The average Bonchev–Trinajstić information content (AvgIpc) is 2.79. The van der Waals surface area contributed by atoms with Crippen molar-refractivity contribution in [3.8, 4) is 5.75 Å². The maximum Gasteiger partial charge on any atom is 0.326 e. The molecule has 0 radical (unpaired) electrons. The highest BCUT2D eigenvalue weighted by Gasteiger charge is 2.23. The smallest absolute Gasteiger partial charge is 0.326 e. The van der Waals surface area contributed by atoms with Crippen LogP contribution in [-0.2, 0) is 17.6 Å². The molecule has 0 unspecified atom stereocenters. The first kappa shape index (κ1) is 24.1. The van der Waals surface area contributed by atoms with Gasteiger partial charge in [-0.2, -0.15) is 0 Å². The molecule has 1 heterocycles. The highest BCUT2D eigenvalue weighted by molar-refractivity contribution is 6.34. The molecule has 3 N–H and O–H groups in total. The summed E-state index contributed by atoms with van der Waals surface area (Å²) in [5.41, 5.74) is 2.64. The summed E-state index contributed by atoms with van der Waals surface area (Å²) >= 11 is 6.13. The molecular formula is C25H26ClN3O4. The van der Waals surface area contributed by atoms with Crippen molar-refractivity contribution < 1.29 is 19.4 Å². The number of pyridine rings is 1. The number of hydrogen-bond acceptors (Lipinski definition) is 5. The number of carboxylic acids is 1. The first-order chi connectivity index (χ1) is 15.9. The second-order valence-corrected chi connectivity index (χ2v) is 7.91. The van der Waals surface area contributed by atoms with Crippen LogP contribution in [0.1, 0.15) is 27.2 Å². The number of ether oxygens (including phenoxy) is 1. The molecule has 8 heteroatoms. The van der Waals surface area contributed by atoms with E-state index in [1.165, 1.54) is 0 Å². The molecule has 0 aliphatic carbocycles. The van der Waals surface area contributed by atoms with E-state index in [4.69, 9.17) is 16.3 Å². The third-order valence-corrected chi connectivity index (χ3v) is 5.42. The normalized spacial score (nSPS) is 11.5. The van der Waals surface area contributed by atoms with Gasteiger partial charge in [0.2, 0.25) is 0 Å². The Morgan fingerprint density at radius 1 is 1.09 bits per heavy atom. The molecule has 0 bridgehead atoms. The Labute approximate surface area is 197 Å². The average molecular weight is 468 g/mol. The number of halogens is 1.